The summed E-state index contributed by atoms with van der Waals surface area (Å²) in [5, 5.41) is 16.1. The largest absolute Gasteiger partial charge is 0.455 e. The zero-order valence-electron chi connectivity index (χ0n) is 39.2. The van der Waals surface area contributed by atoms with Gasteiger partial charge in [-0.3, -0.25) is 0 Å². The second-order valence-corrected chi connectivity index (χ2v) is 19.1. The van der Waals surface area contributed by atoms with E-state index in [1.54, 1.807) is 0 Å². The molecule has 4 heterocycles. The van der Waals surface area contributed by atoms with E-state index in [-0.39, 0.29) is 0 Å². The molecule has 6 nitrogen and oxygen atoms in total. The molecule has 0 N–H and O–H groups in total. The SMILES string of the molecule is c1ccc(-n2c3ccccc3c3cccc(-c4nc(-c5cccc6ccccc56)nc(-c5cccc6c5oc5ccc7ccc(-n8c9cc%10ccccc%10cc9c9c%10ccccc%10ccc98)cc7c56)n4)c32)cc1. The molecular weight excluding hydrogens is 891 g/mol. The van der Waals surface area contributed by atoms with E-state index < -0.39 is 0 Å². The van der Waals surface area contributed by atoms with Gasteiger partial charge >= 0.3 is 0 Å². The van der Waals surface area contributed by atoms with Gasteiger partial charge in [-0.2, -0.15) is 0 Å². The zero-order valence-corrected chi connectivity index (χ0v) is 39.2. The van der Waals surface area contributed by atoms with Crippen molar-refractivity contribution in [3.63, 3.8) is 0 Å². The van der Waals surface area contributed by atoms with Crippen molar-refractivity contribution in [1.82, 2.24) is 24.1 Å². The number of para-hydroxylation sites is 4. The van der Waals surface area contributed by atoms with E-state index in [9.17, 15) is 0 Å². The van der Waals surface area contributed by atoms with Gasteiger partial charge < -0.3 is 13.6 Å². The van der Waals surface area contributed by atoms with Crippen LogP contribution >= 0.6 is 0 Å². The zero-order chi connectivity index (χ0) is 47.7. The van der Waals surface area contributed by atoms with Crippen molar-refractivity contribution < 1.29 is 4.42 Å². The lowest BCUT2D eigenvalue weighted by Crippen LogP contribution is -2.02. The molecule has 0 amide bonds. The number of benzene rings is 12. The third kappa shape index (κ3) is 5.89. The van der Waals surface area contributed by atoms with Crippen LogP contribution in [0.2, 0.25) is 0 Å². The van der Waals surface area contributed by atoms with Gasteiger partial charge in [0, 0.05) is 54.8 Å². The average Bonchev–Trinajstić information content (AvgIpc) is 4.12. The summed E-state index contributed by atoms with van der Waals surface area (Å²) in [6.07, 6.45) is 0. The van der Waals surface area contributed by atoms with Crippen LogP contribution in [0.4, 0.5) is 0 Å². The number of nitrogens with zero attached hydrogens (tertiary/aromatic N) is 5. The third-order valence-electron chi connectivity index (χ3n) is 15.1. The fourth-order valence-corrected chi connectivity index (χ4v) is 11.9. The maximum atomic E-state index is 7.05. The summed E-state index contributed by atoms with van der Waals surface area (Å²) in [7, 11) is 0. The Morgan fingerprint density at radius 1 is 0.288 bits per heavy atom. The van der Waals surface area contributed by atoms with E-state index in [0.717, 1.165) is 93.4 Å². The second-order valence-electron chi connectivity index (χ2n) is 19.1. The molecule has 12 aromatic carbocycles. The van der Waals surface area contributed by atoms with Crippen molar-refractivity contribution in [2.45, 2.75) is 0 Å². The highest BCUT2D eigenvalue weighted by Gasteiger charge is 2.24. The molecule has 16 aromatic rings. The maximum absolute atomic E-state index is 7.05. The Morgan fingerprint density at radius 3 is 1.70 bits per heavy atom. The highest BCUT2D eigenvalue weighted by molar-refractivity contribution is 6.24. The molecule has 0 aliphatic carbocycles. The Hall–Kier alpha value is -9.91. The summed E-state index contributed by atoms with van der Waals surface area (Å²) in [4.78, 5) is 16.3. The first-order chi connectivity index (χ1) is 36.2. The van der Waals surface area contributed by atoms with Crippen LogP contribution in [0.25, 0.3) is 154 Å². The third-order valence-corrected chi connectivity index (χ3v) is 15.1. The number of aromatic nitrogens is 5. The first kappa shape index (κ1) is 39.9. The van der Waals surface area contributed by atoms with Crippen LogP contribution in [0.5, 0.6) is 0 Å². The number of furan rings is 1. The summed E-state index contributed by atoms with van der Waals surface area (Å²) >= 11 is 0. The van der Waals surface area contributed by atoms with Gasteiger partial charge in [0.05, 0.1) is 27.6 Å². The Kier molecular flexibility index (Phi) is 8.36. The molecule has 0 radical (unpaired) electrons. The molecular formula is C67H39N5O. The van der Waals surface area contributed by atoms with Crippen LogP contribution in [0.1, 0.15) is 0 Å². The molecule has 0 saturated carbocycles. The molecule has 0 unspecified atom stereocenters. The van der Waals surface area contributed by atoms with E-state index in [4.69, 9.17) is 19.4 Å². The van der Waals surface area contributed by atoms with Crippen LogP contribution in [-0.4, -0.2) is 24.1 Å². The molecule has 0 aliphatic rings. The summed E-state index contributed by atoms with van der Waals surface area (Å²) in [5.74, 6) is 1.70. The summed E-state index contributed by atoms with van der Waals surface area (Å²) in [5.41, 5.74) is 10.8. The predicted octanol–water partition coefficient (Wildman–Crippen LogP) is 17.6. The minimum absolute atomic E-state index is 0.534. The van der Waals surface area contributed by atoms with E-state index in [2.05, 4.69) is 246 Å². The molecule has 0 fully saturated rings. The number of hydrogen-bond acceptors (Lipinski definition) is 4. The highest BCUT2D eigenvalue weighted by Crippen LogP contribution is 2.44. The van der Waals surface area contributed by atoms with Crippen LogP contribution < -0.4 is 0 Å². The minimum Gasteiger partial charge on any atom is -0.455 e. The molecule has 0 atom stereocenters. The minimum atomic E-state index is 0.534. The molecule has 6 heteroatoms. The van der Waals surface area contributed by atoms with Gasteiger partial charge in [0.1, 0.15) is 11.2 Å². The van der Waals surface area contributed by atoms with E-state index >= 15 is 0 Å². The lowest BCUT2D eigenvalue weighted by Gasteiger charge is -2.13. The lowest BCUT2D eigenvalue weighted by molar-refractivity contribution is 0.670. The lowest BCUT2D eigenvalue weighted by atomic mass is 10.0. The Labute approximate surface area is 417 Å². The molecule has 0 saturated heterocycles. The van der Waals surface area contributed by atoms with Crippen molar-refractivity contribution >= 4 is 109 Å². The van der Waals surface area contributed by atoms with Crippen molar-refractivity contribution in [2.24, 2.45) is 0 Å². The van der Waals surface area contributed by atoms with Crippen molar-refractivity contribution in [3.05, 3.63) is 237 Å². The predicted molar refractivity (Wildman–Crippen MR) is 302 cm³/mol. The monoisotopic (exact) mass is 929 g/mol. The number of hydrogen-bond donors (Lipinski definition) is 0. The van der Waals surface area contributed by atoms with Gasteiger partial charge in [-0.05, 0) is 110 Å². The Bertz CT molecular complexity index is 4980. The molecule has 0 aliphatic heterocycles. The van der Waals surface area contributed by atoms with Gasteiger partial charge in [0.2, 0.25) is 0 Å². The van der Waals surface area contributed by atoms with Crippen LogP contribution in [-0.2, 0) is 0 Å². The fourth-order valence-electron chi connectivity index (χ4n) is 11.9. The molecule has 16 rings (SSSR count). The van der Waals surface area contributed by atoms with E-state index in [0.29, 0.717) is 17.5 Å². The van der Waals surface area contributed by atoms with Crippen molar-refractivity contribution in [3.8, 4) is 45.5 Å². The molecule has 73 heavy (non-hydrogen) atoms. The second kappa shape index (κ2) is 15.3. The van der Waals surface area contributed by atoms with Crippen molar-refractivity contribution in [1.29, 1.82) is 0 Å². The number of rotatable bonds is 5. The summed E-state index contributed by atoms with van der Waals surface area (Å²) in [6, 6.07) is 84.4. The van der Waals surface area contributed by atoms with Crippen LogP contribution in [0.15, 0.2) is 241 Å². The summed E-state index contributed by atoms with van der Waals surface area (Å²) in [6.45, 7) is 0. The topological polar surface area (TPSA) is 61.7 Å². The number of fused-ring (bicyclic) bond motifs is 15. The fraction of sp³-hybridized carbons (Fsp3) is 0. The van der Waals surface area contributed by atoms with Gasteiger partial charge in [-0.25, -0.2) is 15.0 Å². The first-order valence-electron chi connectivity index (χ1n) is 24.8. The molecule has 4 aromatic heterocycles. The quantitative estimate of drug-likeness (QED) is 0.173. The van der Waals surface area contributed by atoms with Crippen molar-refractivity contribution in [2.75, 3.05) is 0 Å². The summed E-state index contributed by atoms with van der Waals surface area (Å²) < 4.78 is 11.8. The van der Waals surface area contributed by atoms with Crippen LogP contribution in [0.3, 0.4) is 0 Å². The smallest absolute Gasteiger partial charge is 0.167 e. The van der Waals surface area contributed by atoms with Gasteiger partial charge in [0.25, 0.3) is 0 Å². The average molecular weight is 930 g/mol. The van der Waals surface area contributed by atoms with Crippen LogP contribution in [0, 0.1) is 0 Å². The Balaban J connectivity index is 0.946. The molecule has 0 bridgehead atoms. The maximum Gasteiger partial charge on any atom is 0.167 e. The Morgan fingerprint density at radius 2 is 0.863 bits per heavy atom. The normalized spacial score (nSPS) is 12.1. The van der Waals surface area contributed by atoms with E-state index in [1.807, 2.05) is 0 Å². The van der Waals surface area contributed by atoms with Gasteiger partial charge in [-0.1, -0.05) is 170 Å². The first-order valence-corrected chi connectivity index (χ1v) is 24.8. The highest BCUT2D eigenvalue weighted by atomic mass is 16.3. The molecule has 338 valence electrons. The standard InChI is InChI=1S/C67H39N5O/c1-2-20-45(21-3-1)72-57-30-11-10-24-49(57)50-25-13-28-53(63(50)72)66-68-65(51-26-12-19-40-15-6-8-22-47(40)51)69-67(70-66)54-29-14-27-52-62-55-39-46(34-31-42(55)33-36-60(62)73-64(52)54)71-58-35-32-41-16-7-9-23-48(41)61(58)56-37-43-17-4-5-18-44(43)38-59(56)71/h1-39H. The van der Waals surface area contributed by atoms with Gasteiger partial charge in [0.15, 0.2) is 17.5 Å². The molecule has 0 spiro atoms. The van der Waals surface area contributed by atoms with E-state index in [1.165, 1.54) is 43.4 Å². The van der Waals surface area contributed by atoms with Gasteiger partial charge in [-0.15, -0.1) is 0 Å².